The number of amides is 3. The van der Waals surface area contributed by atoms with Gasteiger partial charge in [0.1, 0.15) is 12.1 Å². The summed E-state index contributed by atoms with van der Waals surface area (Å²) in [7, 11) is 1.48. The molecule has 0 radical (unpaired) electrons. The topological polar surface area (TPSA) is 122 Å². The van der Waals surface area contributed by atoms with Crippen LogP contribution in [0, 0.1) is 17.3 Å². The third-order valence-electron chi connectivity index (χ3n) is 3.40. The Balaban J connectivity index is 5.29. The summed E-state index contributed by atoms with van der Waals surface area (Å²) in [6.45, 7) is 9.18. The molecule has 0 heterocycles. The van der Waals surface area contributed by atoms with E-state index in [0.29, 0.717) is 6.42 Å². The first-order valence-corrected chi connectivity index (χ1v) is 7.41. The summed E-state index contributed by atoms with van der Waals surface area (Å²) in [5.41, 5.74) is 4.59. The van der Waals surface area contributed by atoms with Crippen LogP contribution in [0.25, 0.3) is 0 Å². The molecule has 0 aromatic carbocycles. The van der Waals surface area contributed by atoms with Crippen LogP contribution in [0.3, 0.4) is 0 Å². The van der Waals surface area contributed by atoms with Gasteiger partial charge in [-0.1, -0.05) is 34.6 Å². The van der Waals surface area contributed by atoms with E-state index in [1.54, 1.807) is 0 Å². The predicted molar refractivity (Wildman–Crippen MR) is 83.6 cm³/mol. The van der Waals surface area contributed by atoms with Crippen LogP contribution >= 0.6 is 0 Å². The van der Waals surface area contributed by atoms with E-state index in [-0.39, 0.29) is 11.8 Å². The third-order valence-corrected chi connectivity index (χ3v) is 3.40. The van der Waals surface area contributed by atoms with Crippen LogP contribution in [-0.2, 0) is 14.4 Å². The summed E-state index contributed by atoms with van der Waals surface area (Å²) in [5, 5.41) is 15.0. The maximum Gasteiger partial charge on any atom is 0.247 e. The second kappa shape index (κ2) is 8.12. The Morgan fingerprint density at radius 1 is 1.14 bits per heavy atom. The maximum absolute atomic E-state index is 12.4. The minimum Gasteiger partial charge on any atom is -0.382 e. The molecule has 22 heavy (non-hydrogen) atoms. The van der Waals surface area contributed by atoms with Crippen molar-refractivity contribution in [2.24, 2.45) is 23.0 Å². The molecule has 0 aromatic heterocycles. The van der Waals surface area contributed by atoms with E-state index >= 15 is 0 Å². The zero-order chi connectivity index (χ0) is 17.7. The Kier molecular flexibility index (Phi) is 7.52. The molecule has 0 spiro atoms. The Labute approximate surface area is 132 Å². The van der Waals surface area contributed by atoms with Crippen molar-refractivity contribution >= 4 is 17.7 Å². The van der Waals surface area contributed by atoms with Gasteiger partial charge in [-0.3, -0.25) is 14.4 Å². The van der Waals surface area contributed by atoms with Gasteiger partial charge in [0.15, 0.2) is 0 Å². The largest absolute Gasteiger partial charge is 0.382 e. The number of likely N-dealkylation sites (N-methyl/N-ethyl adjacent to an activating group) is 1. The number of carbonyl (C=O) groups excluding carboxylic acids is 3. The molecule has 128 valence electrons. The van der Waals surface area contributed by atoms with E-state index < -0.39 is 35.3 Å². The number of aliphatic hydroxyl groups excluding tert-OH is 1. The summed E-state index contributed by atoms with van der Waals surface area (Å²) in [4.78, 5) is 35.6. The highest BCUT2D eigenvalue weighted by Crippen LogP contribution is 2.22. The standard InChI is InChI=1S/C15H29N3O4/c1-8(2)7-9(10(19)12(16)20)13(21)18-11(14(22)17-6)15(3,4)5/h8-11,19H,7H2,1-6H3,(H2,16,20)(H,17,22)(H,18,21)/t9-,10?,11-/m1/s1. The highest BCUT2D eigenvalue weighted by atomic mass is 16.3. The quantitative estimate of drug-likeness (QED) is 0.518. The van der Waals surface area contributed by atoms with Crippen LogP contribution in [0.15, 0.2) is 0 Å². The smallest absolute Gasteiger partial charge is 0.247 e. The lowest BCUT2D eigenvalue weighted by molar-refractivity contribution is -0.141. The molecule has 0 bridgehead atoms. The molecule has 0 aliphatic heterocycles. The van der Waals surface area contributed by atoms with Crippen molar-refractivity contribution in [2.75, 3.05) is 7.05 Å². The lowest BCUT2D eigenvalue weighted by Gasteiger charge is -2.32. The van der Waals surface area contributed by atoms with E-state index in [2.05, 4.69) is 10.6 Å². The Bertz CT molecular complexity index is 416. The van der Waals surface area contributed by atoms with Crippen LogP contribution in [0.5, 0.6) is 0 Å². The Morgan fingerprint density at radius 2 is 1.64 bits per heavy atom. The lowest BCUT2D eigenvalue weighted by Crippen LogP contribution is -2.56. The highest BCUT2D eigenvalue weighted by Gasteiger charge is 2.37. The van der Waals surface area contributed by atoms with Gasteiger partial charge in [-0.25, -0.2) is 0 Å². The molecule has 0 rings (SSSR count). The van der Waals surface area contributed by atoms with Crippen molar-refractivity contribution in [3.63, 3.8) is 0 Å². The molecule has 3 atom stereocenters. The second-order valence-electron chi connectivity index (χ2n) is 7.01. The van der Waals surface area contributed by atoms with Crippen LogP contribution in [0.1, 0.15) is 41.0 Å². The van der Waals surface area contributed by atoms with Gasteiger partial charge in [0.25, 0.3) is 0 Å². The Hall–Kier alpha value is -1.63. The molecular weight excluding hydrogens is 286 g/mol. The predicted octanol–water partition coefficient (Wildman–Crippen LogP) is -0.228. The van der Waals surface area contributed by atoms with E-state index in [4.69, 9.17) is 5.73 Å². The summed E-state index contributed by atoms with van der Waals surface area (Å²) in [6, 6.07) is -0.778. The number of rotatable bonds is 7. The monoisotopic (exact) mass is 315 g/mol. The Morgan fingerprint density at radius 3 is 1.95 bits per heavy atom. The van der Waals surface area contributed by atoms with Crippen LogP contribution in [0.4, 0.5) is 0 Å². The van der Waals surface area contributed by atoms with Crippen molar-refractivity contribution in [2.45, 2.75) is 53.2 Å². The van der Waals surface area contributed by atoms with Gasteiger partial charge in [0, 0.05) is 7.05 Å². The molecule has 0 saturated heterocycles. The average molecular weight is 315 g/mol. The van der Waals surface area contributed by atoms with Crippen molar-refractivity contribution in [1.29, 1.82) is 0 Å². The van der Waals surface area contributed by atoms with Crippen LogP contribution in [-0.4, -0.2) is 42.0 Å². The van der Waals surface area contributed by atoms with E-state index in [1.165, 1.54) is 7.05 Å². The van der Waals surface area contributed by atoms with Gasteiger partial charge in [-0.05, 0) is 17.8 Å². The number of hydrogen-bond acceptors (Lipinski definition) is 4. The minimum atomic E-state index is -1.58. The first-order valence-electron chi connectivity index (χ1n) is 7.41. The molecule has 0 aromatic rings. The second-order valence-corrected chi connectivity index (χ2v) is 7.01. The molecule has 7 nitrogen and oxygen atoms in total. The zero-order valence-electron chi connectivity index (χ0n) is 14.3. The van der Waals surface area contributed by atoms with Gasteiger partial charge < -0.3 is 21.5 Å². The maximum atomic E-state index is 12.4. The molecule has 1 unspecified atom stereocenters. The fraction of sp³-hybridized carbons (Fsp3) is 0.800. The molecule has 7 heteroatoms. The SMILES string of the molecule is CNC(=O)[C@@H](NC(=O)[C@H](CC(C)C)C(O)C(N)=O)C(C)(C)C. The number of primary amides is 1. The molecular formula is C15H29N3O4. The summed E-state index contributed by atoms with van der Waals surface area (Å²) in [6.07, 6.45) is -1.28. The molecule has 0 saturated carbocycles. The molecule has 0 aliphatic carbocycles. The fourth-order valence-corrected chi connectivity index (χ4v) is 2.15. The van der Waals surface area contributed by atoms with Crippen LogP contribution < -0.4 is 16.4 Å². The number of hydrogen-bond donors (Lipinski definition) is 4. The van der Waals surface area contributed by atoms with Gasteiger partial charge in [0.05, 0.1) is 5.92 Å². The lowest BCUT2D eigenvalue weighted by atomic mass is 9.84. The van der Waals surface area contributed by atoms with Gasteiger partial charge in [0.2, 0.25) is 17.7 Å². The molecule has 0 aliphatic rings. The zero-order valence-corrected chi connectivity index (χ0v) is 14.3. The number of nitrogens with one attached hydrogen (secondary N) is 2. The van der Waals surface area contributed by atoms with Crippen molar-refractivity contribution in [1.82, 2.24) is 10.6 Å². The fourth-order valence-electron chi connectivity index (χ4n) is 2.15. The van der Waals surface area contributed by atoms with Gasteiger partial charge >= 0.3 is 0 Å². The van der Waals surface area contributed by atoms with E-state index in [9.17, 15) is 19.5 Å². The summed E-state index contributed by atoms with van der Waals surface area (Å²) >= 11 is 0. The number of aliphatic hydroxyl groups is 1. The average Bonchev–Trinajstić information content (AvgIpc) is 2.38. The first-order chi connectivity index (χ1) is 9.91. The van der Waals surface area contributed by atoms with Crippen molar-refractivity contribution in [3.05, 3.63) is 0 Å². The molecule has 0 fully saturated rings. The number of carbonyl (C=O) groups is 3. The summed E-state index contributed by atoms with van der Waals surface area (Å²) < 4.78 is 0. The number of nitrogens with two attached hydrogens (primary N) is 1. The van der Waals surface area contributed by atoms with E-state index in [0.717, 1.165) is 0 Å². The van der Waals surface area contributed by atoms with Gasteiger partial charge in [-0.2, -0.15) is 0 Å². The van der Waals surface area contributed by atoms with Gasteiger partial charge in [-0.15, -0.1) is 0 Å². The highest BCUT2D eigenvalue weighted by molar-refractivity contribution is 5.92. The third kappa shape index (κ3) is 6.01. The molecule has 5 N–H and O–H groups in total. The van der Waals surface area contributed by atoms with Crippen molar-refractivity contribution < 1.29 is 19.5 Å². The minimum absolute atomic E-state index is 0.0813. The molecule has 3 amide bonds. The summed E-state index contributed by atoms with van der Waals surface area (Å²) in [5.74, 6) is -2.74. The van der Waals surface area contributed by atoms with Crippen molar-refractivity contribution in [3.8, 4) is 0 Å². The van der Waals surface area contributed by atoms with Crippen LogP contribution in [0.2, 0.25) is 0 Å². The van der Waals surface area contributed by atoms with E-state index in [1.807, 2.05) is 34.6 Å². The first kappa shape index (κ1) is 20.4. The normalized spacial score (nSPS) is 15.8.